The first-order chi connectivity index (χ1) is 12.7. The van der Waals surface area contributed by atoms with E-state index in [-0.39, 0.29) is 12.3 Å². The van der Waals surface area contributed by atoms with Crippen molar-refractivity contribution in [2.45, 2.75) is 31.7 Å². The largest absolute Gasteiger partial charge is 0.494 e. The zero-order valence-corrected chi connectivity index (χ0v) is 14.9. The molecule has 1 atom stereocenters. The first-order valence-corrected chi connectivity index (χ1v) is 8.67. The Morgan fingerprint density at radius 1 is 1.23 bits per heavy atom. The summed E-state index contributed by atoms with van der Waals surface area (Å²) in [5.74, 6) is 5.41. The van der Waals surface area contributed by atoms with Crippen LogP contribution in [0, 0.1) is 4.91 Å². The van der Waals surface area contributed by atoms with Gasteiger partial charge in [-0.1, -0.05) is 17.3 Å². The van der Waals surface area contributed by atoms with E-state index in [0.717, 1.165) is 30.6 Å². The fraction of sp³-hybridized carbons (Fsp3) is 0.529. The Morgan fingerprint density at radius 3 is 2.65 bits per heavy atom. The SMILES string of the molecule is NCCCOc1ccc(CC(N=O)C(=O)NCCCCN=CNN)cc1. The van der Waals surface area contributed by atoms with Crippen molar-refractivity contribution in [3.05, 3.63) is 34.7 Å². The topological polar surface area (TPSA) is 144 Å². The maximum absolute atomic E-state index is 12.1. The molecule has 144 valence electrons. The molecule has 9 nitrogen and oxygen atoms in total. The molecular formula is C17H28N6O3. The summed E-state index contributed by atoms with van der Waals surface area (Å²) in [5.41, 5.74) is 8.58. The summed E-state index contributed by atoms with van der Waals surface area (Å²) in [7, 11) is 0. The molecule has 0 saturated heterocycles. The van der Waals surface area contributed by atoms with Crippen molar-refractivity contribution >= 4 is 12.2 Å². The number of aliphatic imine (C=N–C) groups is 1. The molecule has 0 aliphatic heterocycles. The number of amides is 1. The van der Waals surface area contributed by atoms with E-state index in [1.165, 1.54) is 6.34 Å². The minimum Gasteiger partial charge on any atom is -0.494 e. The lowest BCUT2D eigenvalue weighted by Gasteiger charge is -2.11. The third kappa shape index (κ3) is 9.09. The molecule has 0 spiro atoms. The van der Waals surface area contributed by atoms with E-state index in [1.54, 1.807) is 0 Å². The highest BCUT2D eigenvalue weighted by Gasteiger charge is 2.19. The van der Waals surface area contributed by atoms with Gasteiger partial charge in [0, 0.05) is 19.5 Å². The van der Waals surface area contributed by atoms with Crippen molar-refractivity contribution in [2.75, 3.05) is 26.2 Å². The van der Waals surface area contributed by atoms with Crippen molar-refractivity contribution in [1.29, 1.82) is 0 Å². The second-order valence-electron chi connectivity index (χ2n) is 5.66. The lowest BCUT2D eigenvalue weighted by atomic mass is 10.1. The van der Waals surface area contributed by atoms with Gasteiger partial charge in [0.2, 0.25) is 5.91 Å². The maximum atomic E-state index is 12.1. The normalized spacial score (nSPS) is 11.9. The van der Waals surface area contributed by atoms with E-state index in [0.29, 0.717) is 26.2 Å². The van der Waals surface area contributed by atoms with E-state index >= 15 is 0 Å². The molecule has 0 saturated carbocycles. The monoisotopic (exact) mass is 364 g/mol. The van der Waals surface area contributed by atoms with Crippen LogP contribution in [-0.2, 0) is 11.2 Å². The highest BCUT2D eigenvalue weighted by Crippen LogP contribution is 2.14. The number of hydrazine groups is 1. The van der Waals surface area contributed by atoms with Gasteiger partial charge >= 0.3 is 0 Å². The number of unbranched alkanes of at least 4 members (excludes halogenated alkanes) is 1. The number of carbonyl (C=O) groups excluding carboxylic acids is 1. The van der Waals surface area contributed by atoms with Crippen LogP contribution in [0.25, 0.3) is 0 Å². The van der Waals surface area contributed by atoms with Crippen molar-refractivity contribution in [3.8, 4) is 5.75 Å². The molecule has 0 aliphatic carbocycles. The highest BCUT2D eigenvalue weighted by molar-refractivity contribution is 5.82. The second kappa shape index (κ2) is 13.7. The quantitative estimate of drug-likeness (QED) is 0.0943. The number of hydrogen-bond donors (Lipinski definition) is 4. The predicted molar refractivity (Wildman–Crippen MR) is 102 cm³/mol. The fourth-order valence-electron chi connectivity index (χ4n) is 2.17. The number of nitrogens with zero attached hydrogens (tertiary/aromatic N) is 2. The van der Waals surface area contributed by atoms with Crippen LogP contribution in [0.3, 0.4) is 0 Å². The van der Waals surface area contributed by atoms with Crippen molar-refractivity contribution in [3.63, 3.8) is 0 Å². The Hall–Kier alpha value is -2.52. The van der Waals surface area contributed by atoms with E-state index in [4.69, 9.17) is 16.3 Å². The average molecular weight is 364 g/mol. The Morgan fingerprint density at radius 2 is 2.00 bits per heavy atom. The summed E-state index contributed by atoms with van der Waals surface area (Å²) in [4.78, 5) is 27.1. The zero-order valence-electron chi connectivity index (χ0n) is 14.9. The summed E-state index contributed by atoms with van der Waals surface area (Å²) in [6.07, 6.45) is 4.02. The van der Waals surface area contributed by atoms with Gasteiger partial charge in [-0.3, -0.25) is 9.79 Å². The predicted octanol–water partition coefficient (Wildman–Crippen LogP) is 0.480. The number of nitrogens with one attached hydrogen (secondary N) is 2. The summed E-state index contributed by atoms with van der Waals surface area (Å²) < 4.78 is 5.52. The molecule has 0 bridgehead atoms. The van der Waals surface area contributed by atoms with Gasteiger partial charge in [0.25, 0.3) is 0 Å². The molecule has 1 aromatic rings. The summed E-state index contributed by atoms with van der Waals surface area (Å²) in [5, 5.41) is 5.68. The third-order valence-corrected chi connectivity index (χ3v) is 3.58. The van der Waals surface area contributed by atoms with Crippen LogP contribution in [0.2, 0.25) is 0 Å². The molecule has 26 heavy (non-hydrogen) atoms. The number of carbonyl (C=O) groups is 1. The van der Waals surface area contributed by atoms with Crippen LogP contribution in [0.1, 0.15) is 24.8 Å². The van der Waals surface area contributed by atoms with Crippen LogP contribution in [0.5, 0.6) is 5.75 Å². The van der Waals surface area contributed by atoms with Gasteiger partial charge in [-0.2, -0.15) is 0 Å². The van der Waals surface area contributed by atoms with Crippen molar-refractivity contribution in [1.82, 2.24) is 10.7 Å². The minimum absolute atomic E-state index is 0.255. The van der Waals surface area contributed by atoms with Gasteiger partial charge in [0.15, 0.2) is 6.04 Å². The van der Waals surface area contributed by atoms with Gasteiger partial charge in [-0.25, -0.2) is 5.84 Å². The lowest BCUT2D eigenvalue weighted by molar-refractivity contribution is -0.122. The smallest absolute Gasteiger partial charge is 0.248 e. The summed E-state index contributed by atoms with van der Waals surface area (Å²) in [6.45, 7) is 2.24. The molecule has 9 heteroatoms. The van der Waals surface area contributed by atoms with Crippen molar-refractivity contribution in [2.24, 2.45) is 21.7 Å². The summed E-state index contributed by atoms with van der Waals surface area (Å²) in [6, 6.07) is 6.32. The molecule has 6 N–H and O–H groups in total. The van der Waals surface area contributed by atoms with Crippen LogP contribution in [-0.4, -0.2) is 44.5 Å². The Bertz CT molecular complexity index is 550. The van der Waals surface area contributed by atoms with Crippen LogP contribution in [0.4, 0.5) is 0 Å². The Balaban J connectivity index is 2.34. The number of nitroso groups, excluding NO2 is 1. The number of rotatable bonds is 14. The molecular weight excluding hydrogens is 336 g/mol. The highest BCUT2D eigenvalue weighted by atomic mass is 16.5. The number of ether oxygens (including phenoxy) is 1. The molecule has 0 aromatic heterocycles. The summed E-state index contributed by atoms with van der Waals surface area (Å²) >= 11 is 0. The number of nitrogens with two attached hydrogens (primary N) is 2. The zero-order chi connectivity index (χ0) is 19.0. The molecule has 1 aromatic carbocycles. The molecule has 0 heterocycles. The van der Waals surface area contributed by atoms with E-state index in [2.05, 4.69) is 20.9 Å². The van der Waals surface area contributed by atoms with Crippen LogP contribution < -0.4 is 27.1 Å². The van der Waals surface area contributed by atoms with Crippen LogP contribution >= 0.6 is 0 Å². The van der Waals surface area contributed by atoms with Gasteiger partial charge in [-0.05, 0) is 43.5 Å². The fourth-order valence-corrected chi connectivity index (χ4v) is 2.17. The first kappa shape index (κ1) is 21.5. The van der Waals surface area contributed by atoms with Crippen LogP contribution in [0.15, 0.2) is 34.4 Å². The molecule has 0 aliphatic rings. The van der Waals surface area contributed by atoms with Gasteiger partial charge in [-0.15, -0.1) is 4.91 Å². The van der Waals surface area contributed by atoms with E-state index in [9.17, 15) is 9.70 Å². The molecule has 1 amide bonds. The van der Waals surface area contributed by atoms with Gasteiger partial charge in [0.1, 0.15) is 5.75 Å². The number of hydrogen-bond acceptors (Lipinski definition) is 7. The van der Waals surface area contributed by atoms with Crippen molar-refractivity contribution < 1.29 is 9.53 Å². The van der Waals surface area contributed by atoms with E-state index in [1.807, 2.05) is 24.3 Å². The third-order valence-electron chi connectivity index (χ3n) is 3.58. The Kier molecular flexibility index (Phi) is 11.4. The maximum Gasteiger partial charge on any atom is 0.248 e. The van der Waals surface area contributed by atoms with Gasteiger partial charge < -0.3 is 21.2 Å². The number of benzene rings is 1. The standard InChI is InChI=1S/C17H28N6O3/c18-8-3-11-26-15-6-4-14(5-7-15)12-16(23-25)17(24)21-10-2-1-9-20-13-22-19/h4-7,13,16H,1-3,8-12,18-19H2,(H,20,22)(H,21,24). The lowest BCUT2D eigenvalue weighted by Crippen LogP contribution is -2.35. The molecule has 0 fully saturated rings. The molecule has 1 rings (SSSR count). The molecule has 1 unspecified atom stereocenters. The second-order valence-corrected chi connectivity index (χ2v) is 5.66. The molecule has 0 radical (unpaired) electrons. The van der Waals surface area contributed by atoms with Gasteiger partial charge in [0.05, 0.1) is 12.9 Å². The minimum atomic E-state index is -0.946. The average Bonchev–Trinajstić information content (AvgIpc) is 2.66. The van der Waals surface area contributed by atoms with E-state index < -0.39 is 6.04 Å². The Labute approximate surface area is 153 Å². The first-order valence-electron chi connectivity index (χ1n) is 8.67.